The number of ether oxygens (including phenoxy) is 1. The summed E-state index contributed by atoms with van der Waals surface area (Å²) in [5, 5.41) is 0. The molecule has 1 fully saturated rings. The fourth-order valence-corrected chi connectivity index (χ4v) is 4.39. The number of halogens is 2. The zero-order valence-electron chi connectivity index (χ0n) is 14.5. The first-order valence-corrected chi connectivity index (χ1v) is 9.54. The number of piperazine rings is 1. The van der Waals surface area contributed by atoms with Crippen molar-refractivity contribution in [2.45, 2.75) is 11.4 Å². The van der Waals surface area contributed by atoms with Crippen LogP contribution in [0.15, 0.2) is 53.4 Å². The molecule has 0 N–H and O–H groups in total. The molecule has 0 saturated carbocycles. The predicted molar refractivity (Wildman–Crippen MR) is 101 cm³/mol. The Morgan fingerprint density at radius 2 is 1.73 bits per heavy atom. The molecule has 2 aromatic carbocycles. The summed E-state index contributed by atoms with van der Waals surface area (Å²) in [6.07, 6.45) is 0. The van der Waals surface area contributed by atoms with Crippen LogP contribution in [-0.2, 0) is 16.6 Å². The van der Waals surface area contributed by atoms with Crippen LogP contribution in [0.1, 0.15) is 5.56 Å². The van der Waals surface area contributed by atoms with Gasteiger partial charge in [0.25, 0.3) is 0 Å². The average molecular weight is 401 g/mol. The Balaban J connectivity index is 0.00000243. The zero-order chi connectivity index (χ0) is 17.9. The van der Waals surface area contributed by atoms with Crippen LogP contribution in [0.2, 0.25) is 0 Å². The summed E-state index contributed by atoms with van der Waals surface area (Å²) in [5.74, 6) is 0.266. The second-order valence-corrected chi connectivity index (χ2v) is 7.93. The van der Waals surface area contributed by atoms with Crippen molar-refractivity contribution in [2.24, 2.45) is 0 Å². The lowest BCUT2D eigenvalue weighted by Gasteiger charge is -2.34. The first kappa shape index (κ1) is 20.6. The summed E-state index contributed by atoms with van der Waals surface area (Å²) < 4.78 is 45.2. The first-order chi connectivity index (χ1) is 12.0. The molecule has 0 aromatic heterocycles. The van der Waals surface area contributed by atoms with E-state index in [0.29, 0.717) is 26.2 Å². The Morgan fingerprint density at radius 1 is 1.04 bits per heavy atom. The van der Waals surface area contributed by atoms with E-state index in [1.165, 1.54) is 22.5 Å². The Hall–Kier alpha value is -1.67. The molecule has 142 valence electrons. The molecule has 1 saturated heterocycles. The largest absolute Gasteiger partial charge is 0.497 e. The van der Waals surface area contributed by atoms with E-state index >= 15 is 0 Å². The van der Waals surface area contributed by atoms with Crippen LogP contribution in [0.4, 0.5) is 4.39 Å². The number of sulfonamides is 1. The molecular weight excluding hydrogens is 379 g/mol. The second kappa shape index (κ2) is 8.81. The fourth-order valence-electron chi connectivity index (χ4n) is 2.93. The molecule has 0 bridgehead atoms. The topological polar surface area (TPSA) is 49.9 Å². The van der Waals surface area contributed by atoms with Crippen LogP contribution in [0.5, 0.6) is 5.75 Å². The van der Waals surface area contributed by atoms with Gasteiger partial charge in [-0.05, 0) is 35.9 Å². The number of hydrogen-bond donors (Lipinski definition) is 0. The monoisotopic (exact) mass is 400 g/mol. The highest BCUT2D eigenvalue weighted by atomic mass is 35.5. The van der Waals surface area contributed by atoms with Gasteiger partial charge in [-0.1, -0.05) is 18.2 Å². The maximum atomic E-state index is 13.3. The van der Waals surface area contributed by atoms with Gasteiger partial charge in [0, 0.05) is 32.7 Å². The minimum absolute atomic E-state index is 0. The molecule has 0 radical (unpaired) electrons. The van der Waals surface area contributed by atoms with Crippen LogP contribution < -0.4 is 4.74 Å². The number of hydrogen-bond acceptors (Lipinski definition) is 4. The van der Waals surface area contributed by atoms with E-state index in [1.54, 1.807) is 7.11 Å². The Labute approximate surface area is 159 Å². The quantitative estimate of drug-likeness (QED) is 0.774. The lowest BCUT2D eigenvalue weighted by atomic mass is 10.2. The van der Waals surface area contributed by atoms with Crippen LogP contribution >= 0.6 is 12.4 Å². The standard InChI is InChI=1S/C18H21FN2O3S.ClH/c1-24-17-6-2-4-15(12-17)14-20-8-10-21(11-9-20)25(22,23)18-7-3-5-16(19)13-18;/h2-7,12-13H,8-11,14H2,1H3;1H. The van der Waals surface area contributed by atoms with Gasteiger partial charge < -0.3 is 4.74 Å². The van der Waals surface area contributed by atoms with Crippen LogP contribution in [0, 0.1) is 5.82 Å². The lowest BCUT2D eigenvalue weighted by molar-refractivity contribution is 0.181. The number of benzene rings is 2. The van der Waals surface area contributed by atoms with Gasteiger partial charge in [0.2, 0.25) is 10.0 Å². The summed E-state index contributed by atoms with van der Waals surface area (Å²) in [7, 11) is -2.01. The van der Waals surface area contributed by atoms with E-state index in [-0.39, 0.29) is 17.3 Å². The summed E-state index contributed by atoms with van der Waals surface area (Å²) in [6.45, 7) is 2.79. The second-order valence-electron chi connectivity index (χ2n) is 5.99. The van der Waals surface area contributed by atoms with E-state index in [4.69, 9.17) is 4.74 Å². The van der Waals surface area contributed by atoms with Crippen molar-refractivity contribution >= 4 is 22.4 Å². The van der Waals surface area contributed by atoms with E-state index in [1.807, 2.05) is 24.3 Å². The molecular formula is C18H22ClFN2O3S. The smallest absolute Gasteiger partial charge is 0.243 e. The average Bonchev–Trinajstić information content (AvgIpc) is 2.62. The van der Waals surface area contributed by atoms with Gasteiger partial charge in [-0.15, -0.1) is 12.4 Å². The van der Waals surface area contributed by atoms with Crippen molar-refractivity contribution in [1.29, 1.82) is 0 Å². The van der Waals surface area contributed by atoms with Gasteiger partial charge in [-0.2, -0.15) is 4.31 Å². The molecule has 8 heteroatoms. The molecule has 0 amide bonds. The van der Waals surface area contributed by atoms with Crippen molar-refractivity contribution in [2.75, 3.05) is 33.3 Å². The van der Waals surface area contributed by atoms with Crippen molar-refractivity contribution in [3.05, 3.63) is 59.9 Å². The first-order valence-electron chi connectivity index (χ1n) is 8.10. The van der Waals surface area contributed by atoms with E-state index in [2.05, 4.69) is 4.90 Å². The molecule has 3 rings (SSSR count). The van der Waals surface area contributed by atoms with Gasteiger partial charge in [-0.3, -0.25) is 4.90 Å². The van der Waals surface area contributed by atoms with Crippen LogP contribution in [0.3, 0.4) is 0 Å². The van der Waals surface area contributed by atoms with E-state index < -0.39 is 15.8 Å². The Kier molecular flexibility index (Phi) is 7.00. The summed E-state index contributed by atoms with van der Waals surface area (Å²) >= 11 is 0. The minimum atomic E-state index is -3.64. The molecule has 0 spiro atoms. The van der Waals surface area contributed by atoms with Gasteiger partial charge in [0.15, 0.2) is 0 Å². The molecule has 0 unspecified atom stereocenters. The third kappa shape index (κ3) is 4.73. The fraction of sp³-hybridized carbons (Fsp3) is 0.333. The summed E-state index contributed by atoms with van der Waals surface area (Å²) in [6, 6.07) is 13.0. The van der Waals surface area contributed by atoms with E-state index in [0.717, 1.165) is 23.9 Å². The third-order valence-corrected chi connectivity index (χ3v) is 6.20. The maximum absolute atomic E-state index is 13.3. The molecule has 1 aliphatic heterocycles. The Bertz CT molecular complexity index is 840. The van der Waals surface area contributed by atoms with Crippen molar-refractivity contribution in [3.8, 4) is 5.75 Å². The molecule has 0 aliphatic carbocycles. The van der Waals surface area contributed by atoms with E-state index in [9.17, 15) is 12.8 Å². The number of nitrogens with zero attached hydrogens (tertiary/aromatic N) is 2. The highest BCUT2D eigenvalue weighted by Crippen LogP contribution is 2.20. The highest BCUT2D eigenvalue weighted by molar-refractivity contribution is 7.89. The summed E-state index contributed by atoms with van der Waals surface area (Å²) in [4.78, 5) is 2.21. The summed E-state index contributed by atoms with van der Waals surface area (Å²) in [5.41, 5.74) is 1.13. The number of methoxy groups -OCH3 is 1. The zero-order valence-corrected chi connectivity index (χ0v) is 16.1. The van der Waals surface area contributed by atoms with Crippen LogP contribution in [0.25, 0.3) is 0 Å². The van der Waals surface area contributed by atoms with Gasteiger partial charge >= 0.3 is 0 Å². The molecule has 2 aromatic rings. The number of rotatable bonds is 5. The van der Waals surface area contributed by atoms with Crippen molar-refractivity contribution < 1.29 is 17.5 Å². The minimum Gasteiger partial charge on any atom is -0.497 e. The van der Waals surface area contributed by atoms with Crippen molar-refractivity contribution in [3.63, 3.8) is 0 Å². The SMILES string of the molecule is COc1cccc(CN2CCN(S(=O)(=O)c3cccc(F)c3)CC2)c1.Cl. The van der Waals surface area contributed by atoms with Crippen molar-refractivity contribution in [1.82, 2.24) is 9.21 Å². The molecule has 1 heterocycles. The maximum Gasteiger partial charge on any atom is 0.243 e. The van der Waals surface area contributed by atoms with Crippen LogP contribution in [-0.4, -0.2) is 50.9 Å². The molecule has 5 nitrogen and oxygen atoms in total. The lowest BCUT2D eigenvalue weighted by Crippen LogP contribution is -2.48. The molecule has 0 atom stereocenters. The van der Waals surface area contributed by atoms with Gasteiger partial charge in [-0.25, -0.2) is 12.8 Å². The highest BCUT2D eigenvalue weighted by Gasteiger charge is 2.28. The van der Waals surface area contributed by atoms with Gasteiger partial charge in [0.1, 0.15) is 11.6 Å². The Morgan fingerprint density at radius 3 is 2.38 bits per heavy atom. The molecule has 1 aliphatic rings. The normalized spacial score (nSPS) is 16.1. The molecule has 26 heavy (non-hydrogen) atoms. The third-order valence-electron chi connectivity index (χ3n) is 4.31. The predicted octanol–water partition coefficient (Wildman–Crippen LogP) is 2.76. The van der Waals surface area contributed by atoms with Gasteiger partial charge in [0.05, 0.1) is 12.0 Å².